The monoisotopic (exact) mass is 296 g/mol. The van der Waals surface area contributed by atoms with E-state index in [1.54, 1.807) is 16.0 Å². The summed E-state index contributed by atoms with van der Waals surface area (Å²) in [6.07, 6.45) is -2.16. The van der Waals surface area contributed by atoms with E-state index in [2.05, 4.69) is 4.98 Å². The van der Waals surface area contributed by atoms with Crippen LogP contribution in [0, 0.1) is 0 Å². The van der Waals surface area contributed by atoms with Gasteiger partial charge in [-0.3, -0.25) is 9.20 Å². The molecule has 7 heteroatoms. The van der Waals surface area contributed by atoms with Gasteiger partial charge in [0.2, 0.25) is 0 Å². The molecule has 0 saturated heterocycles. The SMILES string of the molecule is O=Cc1c(-c2cccc(C(F)(F)F)c2)nc2sccn12. The van der Waals surface area contributed by atoms with Crippen LogP contribution < -0.4 is 0 Å². The molecule has 3 nitrogen and oxygen atoms in total. The third-order valence-corrected chi connectivity index (χ3v) is 3.63. The van der Waals surface area contributed by atoms with Gasteiger partial charge in [0, 0.05) is 17.1 Å². The van der Waals surface area contributed by atoms with Gasteiger partial charge in [-0.2, -0.15) is 13.2 Å². The van der Waals surface area contributed by atoms with Crippen molar-refractivity contribution in [1.29, 1.82) is 0 Å². The van der Waals surface area contributed by atoms with E-state index in [0.717, 1.165) is 12.1 Å². The molecule has 0 saturated carbocycles. The van der Waals surface area contributed by atoms with Crippen molar-refractivity contribution in [3.63, 3.8) is 0 Å². The number of alkyl halides is 3. The third-order valence-electron chi connectivity index (χ3n) is 2.87. The number of hydrogen-bond acceptors (Lipinski definition) is 3. The van der Waals surface area contributed by atoms with Crippen LogP contribution in [0.3, 0.4) is 0 Å². The third kappa shape index (κ3) is 2.00. The molecule has 0 fully saturated rings. The number of carbonyl (C=O) groups is 1. The minimum Gasteiger partial charge on any atom is -0.296 e. The second-order valence-corrected chi connectivity index (χ2v) is 4.97. The predicted molar refractivity (Wildman–Crippen MR) is 68.9 cm³/mol. The van der Waals surface area contributed by atoms with E-state index in [0.29, 0.717) is 11.2 Å². The topological polar surface area (TPSA) is 34.4 Å². The molecular formula is C13H7F3N2OS. The van der Waals surface area contributed by atoms with Crippen molar-refractivity contribution in [2.75, 3.05) is 0 Å². The molecule has 3 rings (SSSR count). The zero-order chi connectivity index (χ0) is 14.3. The van der Waals surface area contributed by atoms with Gasteiger partial charge in [-0.05, 0) is 12.1 Å². The standard InChI is InChI=1S/C13H7F3N2OS/c14-13(15,16)9-3-1-2-8(6-9)11-10(7-19)18-4-5-20-12(18)17-11/h1-7H. The number of fused-ring (bicyclic) bond motifs is 1. The molecule has 1 aromatic carbocycles. The number of rotatable bonds is 2. The van der Waals surface area contributed by atoms with Crippen molar-refractivity contribution in [2.24, 2.45) is 0 Å². The van der Waals surface area contributed by atoms with Gasteiger partial charge in [0.15, 0.2) is 11.2 Å². The quantitative estimate of drug-likeness (QED) is 0.672. The Labute approximate surface area is 115 Å². The van der Waals surface area contributed by atoms with Gasteiger partial charge < -0.3 is 0 Å². The van der Waals surface area contributed by atoms with E-state index < -0.39 is 11.7 Å². The molecule has 2 aromatic heterocycles. The first-order chi connectivity index (χ1) is 9.50. The highest BCUT2D eigenvalue weighted by Gasteiger charge is 2.30. The maximum atomic E-state index is 12.7. The van der Waals surface area contributed by atoms with Crippen LogP contribution in [0.15, 0.2) is 35.8 Å². The van der Waals surface area contributed by atoms with Crippen molar-refractivity contribution < 1.29 is 18.0 Å². The minimum absolute atomic E-state index is 0.251. The smallest absolute Gasteiger partial charge is 0.296 e. The molecule has 0 spiro atoms. The lowest BCUT2D eigenvalue weighted by Gasteiger charge is -2.07. The number of halogens is 3. The number of hydrogen-bond donors (Lipinski definition) is 0. The Morgan fingerprint density at radius 3 is 2.80 bits per heavy atom. The molecule has 3 aromatic rings. The average Bonchev–Trinajstić information content (AvgIpc) is 2.97. The molecule has 0 atom stereocenters. The summed E-state index contributed by atoms with van der Waals surface area (Å²) in [5, 5.41) is 1.76. The van der Waals surface area contributed by atoms with Crippen molar-refractivity contribution in [3.05, 3.63) is 47.1 Å². The summed E-state index contributed by atoms with van der Waals surface area (Å²) >= 11 is 1.31. The van der Waals surface area contributed by atoms with Gasteiger partial charge in [0.1, 0.15) is 11.4 Å². The van der Waals surface area contributed by atoms with Crippen molar-refractivity contribution in [1.82, 2.24) is 9.38 Å². The van der Waals surface area contributed by atoms with Crippen LogP contribution in [0.25, 0.3) is 16.2 Å². The van der Waals surface area contributed by atoms with Crippen LogP contribution in [-0.4, -0.2) is 15.7 Å². The van der Waals surface area contributed by atoms with Gasteiger partial charge in [-0.15, -0.1) is 11.3 Å². The minimum atomic E-state index is -4.42. The van der Waals surface area contributed by atoms with Crippen LogP contribution >= 0.6 is 11.3 Å². The van der Waals surface area contributed by atoms with Crippen LogP contribution in [-0.2, 0) is 6.18 Å². The van der Waals surface area contributed by atoms with E-state index in [1.807, 2.05) is 0 Å². The highest BCUT2D eigenvalue weighted by atomic mass is 32.1. The summed E-state index contributed by atoms with van der Waals surface area (Å²) < 4.78 is 39.7. The normalized spacial score (nSPS) is 11.9. The van der Waals surface area contributed by atoms with E-state index in [4.69, 9.17) is 0 Å². The lowest BCUT2D eigenvalue weighted by Crippen LogP contribution is -2.04. The Bertz CT molecular complexity index is 788. The Balaban J connectivity index is 2.20. The first kappa shape index (κ1) is 12.9. The molecular weight excluding hydrogens is 289 g/mol. The zero-order valence-corrected chi connectivity index (χ0v) is 10.7. The molecule has 0 aliphatic carbocycles. The fourth-order valence-electron chi connectivity index (χ4n) is 1.97. The summed E-state index contributed by atoms with van der Waals surface area (Å²) in [6, 6.07) is 4.80. The van der Waals surface area contributed by atoms with Gasteiger partial charge in [-0.25, -0.2) is 4.98 Å². The maximum Gasteiger partial charge on any atom is 0.416 e. The average molecular weight is 296 g/mol. The van der Waals surface area contributed by atoms with E-state index >= 15 is 0 Å². The summed E-state index contributed by atoms with van der Waals surface area (Å²) in [5.74, 6) is 0. The fourth-order valence-corrected chi connectivity index (χ4v) is 2.69. The summed E-state index contributed by atoms with van der Waals surface area (Å²) in [7, 11) is 0. The molecule has 0 amide bonds. The van der Waals surface area contributed by atoms with Gasteiger partial charge >= 0.3 is 6.18 Å². The number of nitrogens with zero attached hydrogens (tertiary/aromatic N) is 2. The highest BCUT2D eigenvalue weighted by Crippen LogP contribution is 2.33. The van der Waals surface area contributed by atoms with E-state index in [9.17, 15) is 18.0 Å². The molecule has 0 radical (unpaired) electrons. The van der Waals surface area contributed by atoms with Gasteiger partial charge in [0.25, 0.3) is 0 Å². The Hall–Kier alpha value is -2.15. The number of aromatic nitrogens is 2. The molecule has 0 bridgehead atoms. The lowest BCUT2D eigenvalue weighted by atomic mass is 10.1. The van der Waals surface area contributed by atoms with Crippen LogP contribution in [0.2, 0.25) is 0 Å². The van der Waals surface area contributed by atoms with Crippen LogP contribution in [0.4, 0.5) is 13.2 Å². The molecule has 102 valence electrons. The van der Waals surface area contributed by atoms with Crippen molar-refractivity contribution >= 4 is 22.6 Å². The predicted octanol–water partition coefficient (Wildman–Crippen LogP) is 3.89. The van der Waals surface area contributed by atoms with Crippen molar-refractivity contribution in [2.45, 2.75) is 6.18 Å². The largest absolute Gasteiger partial charge is 0.416 e. The molecule has 0 N–H and O–H groups in total. The van der Waals surface area contributed by atoms with Crippen LogP contribution in [0.1, 0.15) is 16.1 Å². The fraction of sp³-hybridized carbons (Fsp3) is 0.0769. The number of aldehydes is 1. The molecule has 0 aliphatic rings. The van der Waals surface area contributed by atoms with Crippen molar-refractivity contribution in [3.8, 4) is 11.3 Å². The summed E-state index contributed by atoms with van der Waals surface area (Å²) in [4.78, 5) is 16.0. The number of imidazole rings is 1. The zero-order valence-electron chi connectivity index (χ0n) is 9.89. The maximum absolute atomic E-state index is 12.7. The highest BCUT2D eigenvalue weighted by molar-refractivity contribution is 7.15. The molecule has 20 heavy (non-hydrogen) atoms. The first-order valence-electron chi connectivity index (χ1n) is 5.59. The van der Waals surface area contributed by atoms with E-state index in [1.165, 1.54) is 23.5 Å². The number of thiazole rings is 1. The number of carbonyl (C=O) groups excluding carboxylic acids is 1. The van der Waals surface area contributed by atoms with Crippen LogP contribution in [0.5, 0.6) is 0 Å². The van der Waals surface area contributed by atoms with E-state index in [-0.39, 0.29) is 17.0 Å². The number of benzene rings is 1. The summed E-state index contributed by atoms with van der Waals surface area (Å²) in [5.41, 5.74) is 0.0274. The lowest BCUT2D eigenvalue weighted by molar-refractivity contribution is -0.137. The van der Waals surface area contributed by atoms with Gasteiger partial charge in [0.05, 0.1) is 5.56 Å². The second-order valence-electron chi connectivity index (χ2n) is 4.10. The Morgan fingerprint density at radius 1 is 1.30 bits per heavy atom. The first-order valence-corrected chi connectivity index (χ1v) is 6.47. The Morgan fingerprint density at radius 2 is 2.10 bits per heavy atom. The summed E-state index contributed by atoms with van der Waals surface area (Å²) in [6.45, 7) is 0. The van der Waals surface area contributed by atoms with Gasteiger partial charge in [-0.1, -0.05) is 12.1 Å². The Kier molecular flexibility index (Phi) is 2.86. The molecule has 0 aliphatic heterocycles. The molecule has 0 unspecified atom stereocenters. The molecule has 2 heterocycles. The second kappa shape index (κ2) is 4.45.